The summed E-state index contributed by atoms with van der Waals surface area (Å²) >= 11 is 0. The highest BCUT2D eigenvalue weighted by Gasteiger charge is 2.19. The van der Waals surface area contributed by atoms with Crippen LogP contribution in [0.4, 0.5) is 0 Å². The maximum Gasteiger partial charge on any atom is 0.330 e. The van der Waals surface area contributed by atoms with Crippen molar-refractivity contribution in [3.05, 3.63) is 51.9 Å². The lowest BCUT2D eigenvalue weighted by Crippen LogP contribution is -2.27. The standard InChI is InChI=1S/C21H25N3O2/c1-13-11-15(14(2)25)7-8-16(13)17-9-10-18-19(22-17)23(6)20(26)24(18)12-21(3,4)5/h7-11H,12H2,1-6H3. The van der Waals surface area contributed by atoms with Crippen molar-refractivity contribution in [2.24, 2.45) is 12.5 Å². The van der Waals surface area contributed by atoms with Crippen molar-refractivity contribution in [2.45, 2.75) is 41.2 Å². The van der Waals surface area contributed by atoms with Crippen LogP contribution in [-0.2, 0) is 13.6 Å². The number of aryl methyl sites for hydroxylation is 2. The van der Waals surface area contributed by atoms with E-state index in [1.807, 2.05) is 37.3 Å². The van der Waals surface area contributed by atoms with Gasteiger partial charge in [-0.1, -0.05) is 32.9 Å². The molecule has 0 saturated carbocycles. The van der Waals surface area contributed by atoms with E-state index in [2.05, 4.69) is 20.8 Å². The molecule has 0 bridgehead atoms. The largest absolute Gasteiger partial charge is 0.330 e. The molecular formula is C21H25N3O2. The van der Waals surface area contributed by atoms with Crippen LogP contribution >= 0.6 is 0 Å². The fourth-order valence-electron chi connectivity index (χ4n) is 3.22. The van der Waals surface area contributed by atoms with Crippen LogP contribution in [0.3, 0.4) is 0 Å². The third-order valence-corrected chi connectivity index (χ3v) is 4.52. The molecule has 0 N–H and O–H groups in total. The molecular weight excluding hydrogens is 326 g/mol. The summed E-state index contributed by atoms with van der Waals surface area (Å²) < 4.78 is 3.39. The highest BCUT2D eigenvalue weighted by molar-refractivity contribution is 5.95. The summed E-state index contributed by atoms with van der Waals surface area (Å²) in [5, 5.41) is 0. The van der Waals surface area contributed by atoms with Crippen LogP contribution in [0.15, 0.2) is 35.1 Å². The minimum absolute atomic E-state index is 0.00408. The van der Waals surface area contributed by atoms with E-state index < -0.39 is 0 Å². The van der Waals surface area contributed by atoms with Gasteiger partial charge in [-0.3, -0.25) is 13.9 Å². The summed E-state index contributed by atoms with van der Waals surface area (Å²) in [6.45, 7) is 10.5. The number of ketones is 1. The van der Waals surface area contributed by atoms with E-state index in [9.17, 15) is 9.59 Å². The highest BCUT2D eigenvalue weighted by Crippen LogP contribution is 2.26. The Morgan fingerprint density at radius 2 is 1.85 bits per heavy atom. The van der Waals surface area contributed by atoms with Gasteiger partial charge < -0.3 is 0 Å². The van der Waals surface area contributed by atoms with Crippen LogP contribution in [0.1, 0.15) is 43.6 Å². The number of imidazole rings is 1. The topological polar surface area (TPSA) is 56.9 Å². The number of hydrogen-bond acceptors (Lipinski definition) is 3. The van der Waals surface area contributed by atoms with Crippen molar-refractivity contribution in [1.29, 1.82) is 0 Å². The smallest absolute Gasteiger partial charge is 0.295 e. The van der Waals surface area contributed by atoms with Gasteiger partial charge in [0, 0.05) is 24.7 Å². The van der Waals surface area contributed by atoms with Crippen LogP contribution in [-0.4, -0.2) is 19.9 Å². The molecule has 1 aromatic carbocycles. The van der Waals surface area contributed by atoms with E-state index in [0.717, 1.165) is 22.3 Å². The molecule has 3 rings (SSSR count). The van der Waals surface area contributed by atoms with E-state index in [4.69, 9.17) is 4.98 Å². The molecule has 2 heterocycles. The lowest BCUT2D eigenvalue weighted by molar-refractivity contribution is 0.101. The average molecular weight is 351 g/mol. The first-order chi connectivity index (χ1) is 12.1. The summed E-state index contributed by atoms with van der Waals surface area (Å²) in [5.41, 5.74) is 4.90. The fourth-order valence-corrected chi connectivity index (χ4v) is 3.22. The van der Waals surface area contributed by atoms with Gasteiger partial charge in [0.25, 0.3) is 0 Å². The second-order valence-corrected chi connectivity index (χ2v) is 8.11. The van der Waals surface area contributed by atoms with Crippen LogP contribution in [0, 0.1) is 12.3 Å². The van der Waals surface area contributed by atoms with E-state index in [0.29, 0.717) is 17.8 Å². The van der Waals surface area contributed by atoms with Crippen LogP contribution in [0.5, 0.6) is 0 Å². The summed E-state index contributed by atoms with van der Waals surface area (Å²) in [7, 11) is 1.76. The molecule has 0 unspecified atom stereocenters. The number of Topliss-reactive ketones (excluding diaryl/α,β-unsaturated/α-hetero) is 1. The zero-order chi connectivity index (χ0) is 19.2. The van der Waals surface area contributed by atoms with Gasteiger partial charge >= 0.3 is 5.69 Å². The second kappa shape index (κ2) is 6.24. The van der Waals surface area contributed by atoms with Crippen molar-refractivity contribution in [3.63, 3.8) is 0 Å². The molecule has 0 aliphatic rings. The molecule has 0 aliphatic carbocycles. The number of pyridine rings is 1. The summed E-state index contributed by atoms with van der Waals surface area (Å²) in [5.74, 6) is 0.0460. The molecule has 3 aromatic rings. The van der Waals surface area contributed by atoms with Crippen molar-refractivity contribution in [2.75, 3.05) is 0 Å². The van der Waals surface area contributed by atoms with Gasteiger partial charge in [-0.2, -0.15) is 0 Å². The summed E-state index contributed by atoms with van der Waals surface area (Å²) in [4.78, 5) is 29.0. The molecule has 0 atom stereocenters. The Labute approximate surface area is 153 Å². The van der Waals surface area contributed by atoms with Crippen LogP contribution < -0.4 is 5.69 Å². The Morgan fingerprint density at radius 1 is 1.15 bits per heavy atom. The zero-order valence-corrected chi connectivity index (χ0v) is 16.3. The number of carbonyl (C=O) groups excluding carboxylic acids is 1. The predicted molar refractivity (Wildman–Crippen MR) is 105 cm³/mol. The SMILES string of the molecule is CC(=O)c1ccc(-c2ccc3c(n2)n(C)c(=O)n3CC(C)(C)C)c(C)c1. The maximum absolute atomic E-state index is 12.6. The number of rotatable bonds is 3. The van der Waals surface area contributed by atoms with Gasteiger partial charge in [0.1, 0.15) is 0 Å². The zero-order valence-electron chi connectivity index (χ0n) is 16.3. The fraction of sp³-hybridized carbons (Fsp3) is 0.381. The Hall–Kier alpha value is -2.69. The van der Waals surface area contributed by atoms with E-state index in [-0.39, 0.29) is 16.9 Å². The molecule has 0 radical (unpaired) electrons. The number of fused-ring (bicyclic) bond motifs is 1. The van der Waals surface area contributed by atoms with Gasteiger partial charge in [-0.05, 0) is 43.0 Å². The second-order valence-electron chi connectivity index (χ2n) is 8.11. The van der Waals surface area contributed by atoms with Gasteiger partial charge in [-0.15, -0.1) is 0 Å². The molecule has 0 spiro atoms. The Morgan fingerprint density at radius 3 is 2.42 bits per heavy atom. The number of hydrogen-bond donors (Lipinski definition) is 0. The third kappa shape index (κ3) is 3.21. The Bertz CT molecular complexity index is 1070. The number of carbonyl (C=O) groups is 1. The number of benzene rings is 1. The highest BCUT2D eigenvalue weighted by atomic mass is 16.1. The summed E-state index contributed by atoms with van der Waals surface area (Å²) in [6, 6.07) is 9.53. The Kier molecular flexibility index (Phi) is 4.34. The molecule has 26 heavy (non-hydrogen) atoms. The first kappa shape index (κ1) is 18.1. The number of nitrogens with zero attached hydrogens (tertiary/aromatic N) is 3. The average Bonchev–Trinajstić information content (AvgIpc) is 2.78. The van der Waals surface area contributed by atoms with Crippen molar-refractivity contribution in [1.82, 2.24) is 14.1 Å². The lowest BCUT2D eigenvalue weighted by atomic mass is 9.97. The van der Waals surface area contributed by atoms with Gasteiger partial charge in [0.2, 0.25) is 0 Å². The minimum Gasteiger partial charge on any atom is -0.295 e. The van der Waals surface area contributed by atoms with Crippen molar-refractivity contribution >= 4 is 16.9 Å². The van der Waals surface area contributed by atoms with E-state index >= 15 is 0 Å². The molecule has 5 heteroatoms. The molecule has 0 aliphatic heterocycles. The predicted octanol–water partition coefficient (Wildman–Crippen LogP) is 3.96. The Balaban J connectivity index is 2.15. The first-order valence-electron chi connectivity index (χ1n) is 8.77. The quantitative estimate of drug-likeness (QED) is 0.671. The molecule has 0 saturated heterocycles. The van der Waals surface area contributed by atoms with E-state index in [1.54, 1.807) is 23.1 Å². The molecule has 5 nitrogen and oxygen atoms in total. The molecule has 0 fully saturated rings. The van der Waals surface area contributed by atoms with Crippen molar-refractivity contribution in [3.8, 4) is 11.3 Å². The molecule has 0 amide bonds. The molecule has 136 valence electrons. The van der Waals surface area contributed by atoms with Crippen LogP contribution in [0.2, 0.25) is 0 Å². The minimum atomic E-state index is -0.0526. The van der Waals surface area contributed by atoms with Gasteiger partial charge in [-0.25, -0.2) is 9.78 Å². The van der Waals surface area contributed by atoms with Gasteiger partial charge in [0.05, 0.1) is 11.2 Å². The van der Waals surface area contributed by atoms with Crippen LogP contribution in [0.25, 0.3) is 22.4 Å². The lowest BCUT2D eigenvalue weighted by Gasteiger charge is -2.18. The third-order valence-electron chi connectivity index (χ3n) is 4.52. The number of aromatic nitrogens is 3. The summed E-state index contributed by atoms with van der Waals surface area (Å²) in [6.07, 6.45) is 0. The van der Waals surface area contributed by atoms with Crippen molar-refractivity contribution < 1.29 is 4.79 Å². The van der Waals surface area contributed by atoms with Gasteiger partial charge in [0.15, 0.2) is 11.4 Å². The van der Waals surface area contributed by atoms with E-state index in [1.165, 1.54) is 0 Å². The maximum atomic E-state index is 12.6. The molecule has 2 aromatic heterocycles. The monoisotopic (exact) mass is 351 g/mol. The normalized spacial score (nSPS) is 11.9. The first-order valence-corrected chi connectivity index (χ1v) is 8.77.